The molecule has 0 radical (unpaired) electrons. The highest BCUT2D eigenvalue weighted by Gasteiger charge is 2.15. The minimum Gasteiger partial charge on any atom is -0.489 e. The fourth-order valence-corrected chi connectivity index (χ4v) is 2.25. The van der Waals surface area contributed by atoms with E-state index in [9.17, 15) is 4.39 Å². The zero-order valence-corrected chi connectivity index (χ0v) is 13.9. The van der Waals surface area contributed by atoms with Gasteiger partial charge in [-0.15, -0.1) is 0 Å². The summed E-state index contributed by atoms with van der Waals surface area (Å²) in [7, 11) is 1.48. The number of benzene rings is 2. The Labute approximate surface area is 149 Å². The van der Waals surface area contributed by atoms with Crippen LogP contribution in [0.1, 0.15) is 5.56 Å². The number of methoxy groups -OCH3 is 1. The van der Waals surface area contributed by atoms with Gasteiger partial charge in [0.1, 0.15) is 17.9 Å². The fraction of sp³-hybridized carbons (Fsp3) is 0.105. The largest absolute Gasteiger partial charge is 0.489 e. The summed E-state index contributed by atoms with van der Waals surface area (Å²) in [5.74, 6) is 1.02. The van der Waals surface area contributed by atoms with Crippen molar-refractivity contribution in [1.29, 1.82) is 5.26 Å². The number of hydrogen-bond donors (Lipinski definition) is 1. The van der Waals surface area contributed by atoms with E-state index in [4.69, 9.17) is 14.7 Å². The first-order chi connectivity index (χ1) is 12.7. The smallest absolute Gasteiger partial charge is 0.268 e. The van der Waals surface area contributed by atoms with E-state index in [0.717, 1.165) is 11.3 Å². The zero-order valence-electron chi connectivity index (χ0n) is 13.9. The van der Waals surface area contributed by atoms with E-state index in [-0.39, 0.29) is 11.7 Å². The Bertz CT molecular complexity index is 922. The van der Waals surface area contributed by atoms with Crippen LogP contribution in [0.5, 0.6) is 17.4 Å². The third kappa shape index (κ3) is 4.05. The Kier molecular flexibility index (Phi) is 5.25. The number of nitrogens with zero attached hydrogens (tertiary/aromatic N) is 3. The van der Waals surface area contributed by atoms with Crippen LogP contribution in [0.25, 0.3) is 0 Å². The van der Waals surface area contributed by atoms with E-state index >= 15 is 0 Å². The summed E-state index contributed by atoms with van der Waals surface area (Å²) >= 11 is 0. The van der Waals surface area contributed by atoms with Crippen LogP contribution < -0.4 is 14.8 Å². The average molecular weight is 350 g/mol. The molecule has 0 amide bonds. The molecule has 0 fully saturated rings. The van der Waals surface area contributed by atoms with Crippen molar-refractivity contribution < 1.29 is 13.9 Å². The maximum Gasteiger partial charge on any atom is 0.268 e. The molecule has 0 aliphatic rings. The van der Waals surface area contributed by atoms with Gasteiger partial charge < -0.3 is 14.8 Å². The summed E-state index contributed by atoms with van der Waals surface area (Å²) in [4.78, 5) is 8.26. The minimum atomic E-state index is -0.353. The first kappa shape index (κ1) is 17.2. The van der Waals surface area contributed by atoms with E-state index in [2.05, 4.69) is 21.4 Å². The van der Waals surface area contributed by atoms with Gasteiger partial charge in [0.25, 0.3) is 5.88 Å². The Balaban J connectivity index is 1.83. The number of halogens is 1. The number of hydrogen-bond acceptors (Lipinski definition) is 6. The number of aromatic nitrogens is 2. The topological polar surface area (TPSA) is 80.1 Å². The third-order valence-corrected chi connectivity index (χ3v) is 3.50. The molecule has 3 rings (SSSR count). The maximum absolute atomic E-state index is 13.0. The second-order valence-electron chi connectivity index (χ2n) is 5.27. The molecule has 0 aliphatic heterocycles. The van der Waals surface area contributed by atoms with Crippen molar-refractivity contribution in [3.63, 3.8) is 0 Å². The zero-order chi connectivity index (χ0) is 18.4. The van der Waals surface area contributed by atoms with Gasteiger partial charge in [0.2, 0.25) is 5.75 Å². The lowest BCUT2D eigenvalue weighted by Gasteiger charge is -2.13. The first-order valence-electron chi connectivity index (χ1n) is 7.75. The van der Waals surface area contributed by atoms with E-state index < -0.39 is 0 Å². The quantitative estimate of drug-likeness (QED) is 0.717. The molecule has 1 heterocycles. The van der Waals surface area contributed by atoms with Gasteiger partial charge >= 0.3 is 0 Å². The summed E-state index contributed by atoms with van der Waals surface area (Å²) in [6.45, 7) is 0. The molecule has 3 aromatic rings. The van der Waals surface area contributed by atoms with E-state index in [0.29, 0.717) is 23.7 Å². The Morgan fingerprint density at radius 2 is 1.81 bits per heavy atom. The molecule has 0 saturated heterocycles. The molecular formula is C19H15FN4O2. The van der Waals surface area contributed by atoms with Gasteiger partial charge in [-0.25, -0.2) is 9.37 Å². The van der Waals surface area contributed by atoms with Crippen LogP contribution >= 0.6 is 0 Å². The lowest BCUT2D eigenvalue weighted by molar-refractivity contribution is 0.369. The van der Waals surface area contributed by atoms with Gasteiger partial charge in [-0.05, 0) is 42.0 Å². The summed E-state index contributed by atoms with van der Waals surface area (Å²) in [6, 6.07) is 15.1. The summed E-state index contributed by atoms with van der Waals surface area (Å²) < 4.78 is 24.1. The van der Waals surface area contributed by atoms with Gasteiger partial charge in [0.05, 0.1) is 19.6 Å². The molecule has 7 heteroatoms. The Hall–Kier alpha value is -3.66. The molecule has 26 heavy (non-hydrogen) atoms. The van der Waals surface area contributed by atoms with Gasteiger partial charge in [-0.1, -0.05) is 12.1 Å². The predicted octanol–water partition coefficient (Wildman–Crippen LogP) is 4.23. The molecule has 1 aromatic heterocycles. The fourth-order valence-electron chi connectivity index (χ4n) is 2.25. The van der Waals surface area contributed by atoms with E-state index in [1.165, 1.54) is 37.7 Å². The molecule has 0 spiro atoms. The van der Waals surface area contributed by atoms with Crippen molar-refractivity contribution in [2.45, 2.75) is 6.42 Å². The molecule has 0 bridgehead atoms. The summed E-state index contributed by atoms with van der Waals surface area (Å²) in [5, 5.41) is 11.9. The van der Waals surface area contributed by atoms with Gasteiger partial charge in [0, 0.05) is 5.69 Å². The number of ether oxygens (including phenoxy) is 2. The first-order valence-corrected chi connectivity index (χ1v) is 7.75. The molecule has 0 atom stereocenters. The van der Waals surface area contributed by atoms with Gasteiger partial charge in [-0.2, -0.15) is 10.2 Å². The SMILES string of the molecule is COc1c(Nc2ccc(CC#N)cc2)ncnc1Oc1ccc(F)cc1. The van der Waals surface area contributed by atoms with Crippen LogP contribution in [-0.2, 0) is 6.42 Å². The van der Waals surface area contributed by atoms with Gasteiger partial charge in [-0.3, -0.25) is 0 Å². The molecule has 1 N–H and O–H groups in total. The monoisotopic (exact) mass is 350 g/mol. The molecule has 0 unspecified atom stereocenters. The lowest BCUT2D eigenvalue weighted by Crippen LogP contribution is -2.01. The summed E-state index contributed by atoms with van der Waals surface area (Å²) in [5.41, 5.74) is 1.70. The van der Waals surface area contributed by atoms with Crippen molar-refractivity contribution >= 4 is 11.5 Å². The van der Waals surface area contributed by atoms with Crippen LogP contribution in [0.15, 0.2) is 54.9 Å². The van der Waals surface area contributed by atoms with E-state index in [1.807, 2.05) is 24.3 Å². The van der Waals surface area contributed by atoms with Crippen molar-refractivity contribution in [3.8, 4) is 23.4 Å². The highest BCUT2D eigenvalue weighted by molar-refractivity contribution is 5.65. The molecule has 130 valence electrons. The standard InChI is InChI=1S/C19H15FN4O2/c1-25-17-18(24-15-6-2-13(3-7-15)10-11-21)22-12-23-19(17)26-16-8-4-14(20)5-9-16/h2-9,12H,10H2,1H3,(H,22,23,24). The number of nitrogens with one attached hydrogen (secondary N) is 1. The van der Waals surface area contributed by atoms with Crippen LogP contribution in [-0.4, -0.2) is 17.1 Å². The van der Waals surface area contributed by atoms with E-state index in [1.54, 1.807) is 0 Å². The second-order valence-corrected chi connectivity index (χ2v) is 5.27. The molecule has 2 aromatic carbocycles. The normalized spacial score (nSPS) is 10.0. The molecule has 6 nitrogen and oxygen atoms in total. The van der Waals surface area contributed by atoms with Crippen LogP contribution in [0.3, 0.4) is 0 Å². The van der Waals surface area contributed by atoms with Crippen molar-refractivity contribution in [2.75, 3.05) is 12.4 Å². The second kappa shape index (κ2) is 7.94. The highest BCUT2D eigenvalue weighted by Crippen LogP contribution is 2.35. The number of anilines is 2. The third-order valence-electron chi connectivity index (χ3n) is 3.50. The van der Waals surface area contributed by atoms with Crippen LogP contribution in [0, 0.1) is 17.1 Å². The molecule has 0 saturated carbocycles. The molecular weight excluding hydrogens is 335 g/mol. The number of rotatable bonds is 6. The van der Waals surface area contributed by atoms with Crippen molar-refractivity contribution in [2.24, 2.45) is 0 Å². The van der Waals surface area contributed by atoms with Crippen LogP contribution in [0.4, 0.5) is 15.9 Å². The summed E-state index contributed by atoms with van der Waals surface area (Å²) in [6.07, 6.45) is 1.69. The van der Waals surface area contributed by atoms with Crippen LogP contribution in [0.2, 0.25) is 0 Å². The molecule has 0 aliphatic carbocycles. The highest BCUT2D eigenvalue weighted by atomic mass is 19.1. The van der Waals surface area contributed by atoms with Crippen molar-refractivity contribution in [1.82, 2.24) is 9.97 Å². The van der Waals surface area contributed by atoms with Crippen molar-refractivity contribution in [3.05, 3.63) is 66.2 Å². The predicted molar refractivity (Wildman–Crippen MR) is 94.1 cm³/mol. The Morgan fingerprint density at radius 1 is 1.08 bits per heavy atom. The van der Waals surface area contributed by atoms with Gasteiger partial charge in [0.15, 0.2) is 5.82 Å². The average Bonchev–Trinajstić information content (AvgIpc) is 2.66. The maximum atomic E-state index is 13.0. The Morgan fingerprint density at radius 3 is 2.46 bits per heavy atom. The lowest BCUT2D eigenvalue weighted by atomic mass is 10.1. The minimum absolute atomic E-state index is 0.206. The number of nitriles is 1.